The molecule has 0 aliphatic heterocycles. The molecule has 0 unspecified atom stereocenters. The van der Waals surface area contributed by atoms with Gasteiger partial charge < -0.3 is 5.73 Å². The molecule has 0 radical (unpaired) electrons. The molecule has 0 fully saturated rings. The molecule has 2 heteroatoms. The minimum absolute atomic E-state index is 0.482. The van der Waals surface area contributed by atoms with Gasteiger partial charge in [0.05, 0.1) is 11.2 Å². The van der Waals surface area contributed by atoms with Crippen LogP contribution >= 0.6 is 0 Å². The zero-order valence-corrected chi connectivity index (χ0v) is 10.7. The number of rotatable bonds is 3. The summed E-state index contributed by atoms with van der Waals surface area (Å²) in [6, 6.07) is 20.9. The molecule has 94 valence electrons. The fraction of sp³-hybridized carbons (Fsp3) is 0.118. The lowest BCUT2D eigenvalue weighted by atomic mass is 10.0. The van der Waals surface area contributed by atoms with E-state index in [1.54, 1.807) is 0 Å². The van der Waals surface area contributed by atoms with E-state index >= 15 is 0 Å². The maximum atomic E-state index is 5.68. The monoisotopic (exact) mass is 248 g/mol. The summed E-state index contributed by atoms with van der Waals surface area (Å²) in [5.41, 5.74) is 10.2. The van der Waals surface area contributed by atoms with Crippen LogP contribution in [0.2, 0.25) is 0 Å². The number of hydrogen-bond donors (Lipinski definition) is 1. The van der Waals surface area contributed by atoms with Crippen molar-refractivity contribution in [2.45, 2.75) is 13.0 Å². The first-order valence-corrected chi connectivity index (χ1v) is 6.48. The van der Waals surface area contributed by atoms with E-state index in [2.05, 4.69) is 53.5 Å². The number of benzene rings is 2. The van der Waals surface area contributed by atoms with E-state index in [0.29, 0.717) is 6.54 Å². The lowest BCUT2D eigenvalue weighted by Gasteiger charge is -2.07. The van der Waals surface area contributed by atoms with Gasteiger partial charge in [0.1, 0.15) is 0 Å². The predicted molar refractivity (Wildman–Crippen MR) is 78.9 cm³/mol. The highest BCUT2D eigenvalue weighted by Gasteiger charge is 2.04. The van der Waals surface area contributed by atoms with Crippen LogP contribution in [-0.4, -0.2) is 4.98 Å². The van der Waals surface area contributed by atoms with Crippen molar-refractivity contribution in [2.24, 2.45) is 5.73 Å². The van der Waals surface area contributed by atoms with E-state index < -0.39 is 0 Å². The number of aromatic nitrogens is 1. The Kier molecular flexibility index (Phi) is 3.25. The summed E-state index contributed by atoms with van der Waals surface area (Å²) < 4.78 is 0. The van der Waals surface area contributed by atoms with Crippen LogP contribution in [0.4, 0.5) is 0 Å². The maximum Gasteiger partial charge on any atom is 0.0741 e. The maximum absolute atomic E-state index is 5.68. The van der Waals surface area contributed by atoms with Gasteiger partial charge in [-0.25, -0.2) is 0 Å². The van der Waals surface area contributed by atoms with E-state index in [4.69, 9.17) is 5.73 Å². The average molecular weight is 248 g/mol. The highest BCUT2D eigenvalue weighted by atomic mass is 14.7. The average Bonchev–Trinajstić information content (AvgIpc) is 2.48. The van der Waals surface area contributed by atoms with Crippen LogP contribution in [0, 0.1) is 0 Å². The summed E-state index contributed by atoms with van der Waals surface area (Å²) in [6.07, 6.45) is 0.902. The molecule has 3 rings (SSSR count). The molecule has 1 aromatic heterocycles. The molecule has 0 atom stereocenters. The first-order valence-electron chi connectivity index (χ1n) is 6.48. The number of nitrogens with two attached hydrogens (primary N) is 1. The fourth-order valence-corrected chi connectivity index (χ4v) is 2.32. The first-order chi connectivity index (χ1) is 9.36. The summed E-state index contributed by atoms with van der Waals surface area (Å²) in [5, 5.41) is 1.17. The first kappa shape index (κ1) is 11.9. The molecule has 2 aromatic carbocycles. The van der Waals surface area contributed by atoms with Crippen molar-refractivity contribution < 1.29 is 0 Å². The van der Waals surface area contributed by atoms with Gasteiger partial charge in [0, 0.05) is 11.9 Å². The molecule has 0 amide bonds. The van der Waals surface area contributed by atoms with Gasteiger partial charge in [0.25, 0.3) is 0 Å². The molecule has 0 aliphatic carbocycles. The van der Waals surface area contributed by atoms with Gasteiger partial charge in [-0.15, -0.1) is 0 Å². The van der Waals surface area contributed by atoms with Gasteiger partial charge in [-0.2, -0.15) is 0 Å². The van der Waals surface area contributed by atoms with Gasteiger partial charge in [0.2, 0.25) is 0 Å². The van der Waals surface area contributed by atoms with Gasteiger partial charge in [-0.3, -0.25) is 4.98 Å². The molecule has 2 nitrogen and oxygen atoms in total. The quantitative estimate of drug-likeness (QED) is 0.772. The fourth-order valence-electron chi connectivity index (χ4n) is 2.32. The van der Waals surface area contributed by atoms with Crippen LogP contribution in [0.15, 0.2) is 60.7 Å². The Morgan fingerprint density at radius 3 is 2.47 bits per heavy atom. The Morgan fingerprint density at radius 2 is 1.68 bits per heavy atom. The molecule has 2 N–H and O–H groups in total. The van der Waals surface area contributed by atoms with Crippen LogP contribution in [0.1, 0.15) is 16.8 Å². The minimum Gasteiger partial charge on any atom is -0.325 e. The molecule has 0 spiro atoms. The van der Waals surface area contributed by atoms with Gasteiger partial charge >= 0.3 is 0 Å². The smallest absolute Gasteiger partial charge is 0.0741 e. The summed E-state index contributed by atoms with van der Waals surface area (Å²) in [5.74, 6) is 0. The lowest BCUT2D eigenvalue weighted by Crippen LogP contribution is -2.00. The second-order valence-corrected chi connectivity index (χ2v) is 4.66. The third-order valence-corrected chi connectivity index (χ3v) is 3.31. The van der Waals surface area contributed by atoms with Crippen molar-refractivity contribution in [1.29, 1.82) is 0 Å². The molecule has 0 aliphatic rings. The van der Waals surface area contributed by atoms with Crippen molar-refractivity contribution in [1.82, 2.24) is 4.98 Å². The largest absolute Gasteiger partial charge is 0.325 e. The second-order valence-electron chi connectivity index (χ2n) is 4.66. The molecule has 0 saturated carbocycles. The van der Waals surface area contributed by atoms with Crippen molar-refractivity contribution in [2.75, 3.05) is 0 Å². The summed E-state index contributed by atoms with van der Waals surface area (Å²) in [6.45, 7) is 0.482. The Balaban J connectivity index is 2.07. The van der Waals surface area contributed by atoms with Crippen LogP contribution in [0.25, 0.3) is 10.9 Å². The van der Waals surface area contributed by atoms with E-state index in [1.165, 1.54) is 16.5 Å². The van der Waals surface area contributed by atoms with Crippen molar-refractivity contribution >= 4 is 10.9 Å². The second kappa shape index (κ2) is 5.21. The molecule has 3 aromatic rings. The third-order valence-electron chi connectivity index (χ3n) is 3.31. The topological polar surface area (TPSA) is 38.9 Å². The van der Waals surface area contributed by atoms with Crippen LogP contribution in [-0.2, 0) is 13.0 Å². The SMILES string of the molecule is NCc1ccc2cccc(Cc3ccccc3)c2n1. The summed E-state index contributed by atoms with van der Waals surface area (Å²) >= 11 is 0. The molecule has 1 heterocycles. The Labute approximate surface area is 112 Å². The van der Waals surface area contributed by atoms with Crippen LogP contribution < -0.4 is 5.73 Å². The predicted octanol–water partition coefficient (Wildman–Crippen LogP) is 3.28. The number of pyridine rings is 1. The molecule has 0 bridgehead atoms. The molecule has 19 heavy (non-hydrogen) atoms. The van der Waals surface area contributed by atoms with Crippen LogP contribution in [0.3, 0.4) is 0 Å². The highest BCUT2D eigenvalue weighted by molar-refractivity contribution is 5.82. The lowest BCUT2D eigenvalue weighted by molar-refractivity contribution is 1.00. The van der Waals surface area contributed by atoms with E-state index in [0.717, 1.165) is 17.6 Å². The normalized spacial score (nSPS) is 10.8. The zero-order chi connectivity index (χ0) is 13.1. The van der Waals surface area contributed by atoms with Crippen LogP contribution in [0.5, 0.6) is 0 Å². The standard InChI is InChI=1S/C17H16N2/c18-12-16-10-9-14-7-4-8-15(17(14)19-16)11-13-5-2-1-3-6-13/h1-10H,11-12,18H2. The van der Waals surface area contributed by atoms with E-state index in [-0.39, 0.29) is 0 Å². The van der Waals surface area contributed by atoms with E-state index in [1.807, 2.05) is 12.1 Å². The highest BCUT2D eigenvalue weighted by Crippen LogP contribution is 2.20. The number of nitrogens with zero attached hydrogens (tertiary/aromatic N) is 1. The Bertz CT molecular complexity index is 690. The van der Waals surface area contributed by atoms with Gasteiger partial charge in [0.15, 0.2) is 0 Å². The number of hydrogen-bond acceptors (Lipinski definition) is 2. The van der Waals surface area contributed by atoms with Crippen molar-refractivity contribution in [3.63, 3.8) is 0 Å². The number of para-hydroxylation sites is 1. The van der Waals surface area contributed by atoms with Crippen molar-refractivity contribution in [3.05, 3.63) is 77.5 Å². The molecular formula is C17H16N2. The van der Waals surface area contributed by atoms with Gasteiger partial charge in [-0.1, -0.05) is 54.6 Å². The summed E-state index contributed by atoms with van der Waals surface area (Å²) in [4.78, 5) is 4.66. The third kappa shape index (κ3) is 2.49. The Morgan fingerprint density at radius 1 is 0.842 bits per heavy atom. The Hall–Kier alpha value is -2.19. The van der Waals surface area contributed by atoms with Crippen molar-refractivity contribution in [3.8, 4) is 0 Å². The summed E-state index contributed by atoms with van der Waals surface area (Å²) in [7, 11) is 0. The zero-order valence-electron chi connectivity index (χ0n) is 10.7. The minimum atomic E-state index is 0.482. The molecule has 0 saturated heterocycles. The van der Waals surface area contributed by atoms with E-state index in [9.17, 15) is 0 Å². The molecular weight excluding hydrogens is 232 g/mol. The number of fused-ring (bicyclic) bond motifs is 1. The van der Waals surface area contributed by atoms with Gasteiger partial charge in [-0.05, 0) is 23.6 Å².